The molecule has 0 fully saturated rings. The summed E-state index contributed by atoms with van der Waals surface area (Å²) in [7, 11) is 0. The van der Waals surface area contributed by atoms with Crippen LogP contribution in [0.15, 0.2) is 34.9 Å². The van der Waals surface area contributed by atoms with Crippen LogP contribution in [0.1, 0.15) is 19.4 Å². The van der Waals surface area contributed by atoms with Gasteiger partial charge in [0.05, 0.1) is 6.26 Å². The second-order valence-electron chi connectivity index (χ2n) is 5.05. The monoisotopic (exact) mass is 246 g/mol. The molecule has 1 heterocycles. The molecule has 3 heteroatoms. The van der Waals surface area contributed by atoms with Crippen molar-refractivity contribution in [3.63, 3.8) is 0 Å². The number of fused-ring (bicyclic) bond motifs is 1. The van der Waals surface area contributed by atoms with Crippen molar-refractivity contribution in [1.82, 2.24) is 5.32 Å². The Labute approximate surface area is 108 Å². The molecule has 1 atom stereocenters. The first-order valence-corrected chi connectivity index (χ1v) is 6.61. The van der Waals surface area contributed by atoms with E-state index in [9.17, 15) is 0 Å². The van der Waals surface area contributed by atoms with Gasteiger partial charge in [-0.3, -0.25) is 0 Å². The molecule has 2 aromatic rings. The molecule has 98 valence electrons. The number of furan rings is 1. The predicted octanol–water partition coefficient (Wildman–Crippen LogP) is 2.55. The standard InChI is InChI=1S/C15H22N2O/c1-11(2)14(9-16)17-8-7-12-10-18-15-6-4-3-5-13(12)15/h3-6,10-11,14,17H,7-9,16H2,1-2H3. The summed E-state index contributed by atoms with van der Waals surface area (Å²) in [6.07, 6.45) is 2.83. The lowest BCUT2D eigenvalue weighted by Gasteiger charge is -2.20. The van der Waals surface area contributed by atoms with E-state index >= 15 is 0 Å². The first kappa shape index (κ1) is 13.1. The first-order valence-electron chi connectivity index (χ1n) is 6.61. The van der Waals surface area contributed by atoms with E-state index in [1.165, 1.54) is 10.9 Å². The quantitative estimate of drug-likeness (QED) is 0.823. The molecule has 0 aliphatic carbocycles. The molecule has 0 spiro atoms. The summed E-state index contributed by atoms with van der Waals surface area (Å²) in [5.74, 6) is 0.566. The Balaban J connectivity index is 1.94. The third kappa shape index (κ3) is 2.92. The van der Waals surface area contributed by atoms with Crippen LogP contribution in [0.25, 0.3) is 11.0 Å². The van der Waals surface area contributed by atoms with E-state index in [1.807, 2.05) is 24.5 Å². The maximum absolute atomic E-state index is 5.74. The summed E-state index contributed by atoms with van der Waals surface area (Å²) in [4.78, 5) is 0. The Kier molecular flexibility index (Phi) is 4.39. The van der Waals surface area contributed by atoms with E-state index in [2.05, 4.69) is 25.2 Å². The molecule has 3 nitrogen and oxygen atoms in total. The third-order valence-electron chi connectivity index (χ3n) is 3.42. The fourth-order valence-electron chi connectivity index (χ4n) is 2.21. The SMILES string of the molecule is CC(C)C(CN)NCCc1coc2ccccc12. The van der Waals surface area contributed by atoms with Crippen molar-refractivity contribution >= 4 is 11.0 Å². The molecular formula is C15H22N2O. The Hall–Kier alpha value is -1.32. The lowest BCUT2D eigenvalue weighted by molar-refractivity contribution is 0.408. The van der Waals surface area contributed by atoms with Gasteiger partial charge in [0.25, 0.3) is 0 Å². The highest BCUT2D eigenvalue weighted by atomic mass is 16.3. The average molecular weight is 246 g/mol. The number of nitrogens with one attached hydrogen (secondary N) is 1. The Morgan fingerprint density at radius 2 is 2.06 bits per heavy atom. The second-order valence-corrected chi connectivity index (χ2v) is 5.05. The van der Waals surface area contributed by atoms with E-state index in [1.54, 1.807) is 0 Å². The van der Waals surface area contributed by atoms with Gasteiger partial charge in [0.1, 0.15) is 5.58 Å². The molecule has 18 heavy (non-hydrogen) atoms. The summed E-state index contributed by atoms with van der Waals surface area (Å²) in [5, 5.41) is 4.72. The summed E-state index contributed by atoms with van der Waals surface area (Å²) < 4.78 is 5.53. The van der Waals surface area contributed by atoms with Crippen LogP contribution in [-0.2, 0) is 6.42 Å². The normalized spacial score (nSPS) is 13.3. The van der Waals surface area contributed by atoms with Crippen LogP contribution < -0.4 is 11.1 Å². The first-order chi connectivity index (χ1) is 8.72. The maximum Gasteiger partial charge on any atom is 0.134 e. The molecule has 1 unspecified atom stereocenters. The molecule has 0 aliphatic heterocycles. The van der Waals surface area contributed by atoms with Crippen molar-refractivity contribution in [2.24, 2.45) is 11.7 Å². The topological polar surface area (TPSA) is 51.2 Å². The van der Waals surface area contributed by atoms with E-state index in [4.69, 9.17) is 10.2 Å². The molecule has 0 saturated carbocycles. The third-order valence-corrected chi connectivity index (χ3v) is 3.42. The summed E-state index contributed by atoms with van der Waals surface area (Å²) in [6.45, 7) is 6.00. The van der Waals surface area contributed by atoms with E-state index in [-0.39, 0.29) is 0 Å². The van der Waals surface area contributed by atoms with Gasteiger partial charge in [0.15, 0.2) is 0 Å². The van der Waals surface area contributed by atoms with Crippen LogP contribution in [0, 0.1) is 5.92 Å². The number of para-hydroxylation sites is 1. The Morgan fingerprint density at radius 1 is 1.28 bits per heavy atom. The molecule has 0 amide bonds. The lowest BCUT2D eigenvalue weighted by atomic mass is 10.0. The predicted molar refractivity (Wildman–Crippen MR) is 75.6 cm³/mol. The zero-order chi connectivity index (χ0) is 13.0. The number of hydrogen-bond donors (Lipinski definition) is 2. The highest BCUT2D eigenvalue weighted by molar-refractivity contribution is 5.80. The van der Waals surface area contributed by atoms with Crippen molar-refractivity contribution in [2.45, 2.75) is 26.3 Å². The van der Waals surface area contributed by atoms with E-state index in [0.29, 0.717) is 18.5 Å². The molecule has 3 N–H and O–H groups in total. The van der Waals surface area contributed by atoms with Crippen molar-refractivity contribution < 1.29 is 4.42 Å². The molecular weight excluding hydrogens is 224 g/mol. The number of hydrogen-bond acceptors (Lipinski definition) is 3. The largest absolute Gasteiger partial charge is 0.464 e. The lowest BCUT2D eigenvalue weighted by Crippen LogP contribution is -2.41. The summed E-state index contributed by atoms with van der Waals surface area (Å²) >= 11 is 0. The van der Waals surface area contributed by atoms with Crippen LogP contribution in [0.5, 0.6) is 0 Å². The smallest absolute Gasteiger partial charge is 0.134 e. The zero-order valence-corrected chi connectivity index (χ0v) is 11.1. The van der Waals surface area contributed by atoms with E-state index < -0.39 is 0 Å². The maximum atomic E-state index is 5.74. The van der Waals surface area contributed by atoms with Crippen LogP contribution in [0.3, 0.4) is 0 Å². The van der Waals surface area contributed by atoms with Gasteiger partial charge in [-0.1, -0.05) is 32.0 Å². The van der Waals surface area contributed by atoms with Crippen molar-refractivity contribution in [3.8, 4) is 0 Å². The van der Waals surface area contributed by atoms with Gasteiger partial charge in [-0.15, -0.1) is 0 Å². The minimum atomic E-state index is 0.392. The van der Waals surface area contributed by atoms with Crippen LogP contribution in [0.4, 0.5) is 0 Å². The van der Waals surface area contributed by atoms with Crippen LogP contribution in [-0.4, -0.2) is 19.1 Å². The number of nitrogens with two attached hydrogens (primary N) is 1. The van der Waals surface area contributed by atoms with Crippen molar-refractivity contribution in [1.29, 1.82) is 0 Å². The van der Waals surface area contributed by atoms with Gasteiger partial charge in [-0.25, -0.2) is 0 Å². The Bertz CT molecular complexity index is 490. The van der Waals surface area contributed by atoms with Crippen LogP contribution >= 0.6 is 0 Å². The molecule has 1 aromatic carbocycles. The number of rotatable bonds is 6. The second kappa shape index (κ2) is 6.03. The minimum Gasteiger partial charge on any atom is -0.464 e. The summed E-state index contributed by atoms with van der Waals surface area (Å²) in [5.41, 5.74) is 7.97. The fraction of sp³-hybridized carbons (Fsp3) is 0.467. The van der Waals surface area contributed by atoms with Gasteiger partial charge in [0.2, 0.25) is 0 Å². The minimum absolute atomic E-state index is 0.392. The highest BCUT2D eigenvalue weighted by Crippen LogP contribution is 2.20. The van der Waals surface area contributed by atoms with Crippen molar-refractivity contribution in [3.05, 3.63) is 36.1 Å². The molecule has 0 radical (unpaired) electrons. The van der Waals surface area contributed by atoms with Gasteiger partial charge < -0.3 is 15.5 Å². The highest BCUT2D eigenvalue weighted by Gasteiger charge is 2.10. The number of benzene rings is 1. The fourth-order valence-corrected chi connectivity index (χ4v) is 2.21. The van der Waals surface area contributed by atoms with E-state index in [0.717, 1.165) is 18.5 Å². The molecule has 2 rings (SSSR count). The summed E-state index contributed by atoms with van der Waals surface area (Å²) in [6, 6.07) is 8.55. The molecule has 0 bridgehead atoms. The Morgan fingerprint density at radius 3 is 2.78 bits per heavy atom. The van der Waals surface area contributed by atoms with Crippen LogP contribution in [0.2, 0.25) is 0 Å². The van der Waals surface area contributed by atoms with Gasteiger partial charge in [-0.05, 0) is 30.5 Å². The van der Waals surface area contributed by atoms with Gasteiger partial charge in [-0.2, -0.15) is 0 Å². The average Bonchev–Trinajstić information content (AvgIpc) is 2.78. The molecule has 0 aliphatic rings. The van der Waals surface area contributed by atoms with Gasteiger partial charge in [0, 0.05) is 18.0 Å². The van der Waals surface area contributed by atoms with Gasteiger partial charge >= 0.3 is 0 Å². The zero-order valence-electron chi connectivity index (χ0n) is 11.1. The molecule has 1 aromatic heterocycles. The molecule has 0 saturated heterocycles. The van der Waals surface area contributed by atoms with Crippen molar-refractivity contribution in [2.75, 3.05) is 13.1 Å².